The van der Waals surface area contributed by atoms with E-state index < -0.39 is 4.92 Å². The number of para-hydroxylation sites is 1. The molecule has 3 heterocycles. The lowest BCUT2D eigenvalue weighted by Gasteiger charge is -2.25. The lowest BCUT2D eigenvalue weighted by molar-refractivity contribution is -0.380. The van der Waals surface area contributed by atoms with Crippen molar-refractivity contribution in [2.45, 2.75) is 0 Å². The number of nitrogens with zero attached hydrogens (tertiary/aromatic N) is 4. The van der Waals surface area contributed by atoms with Crippen LogP contribution in [0.15, 0.2) is 51.8 Å². The van der Waals surface area contributed by atoms with E-state index >= 15 is 0 Å². The van der Waals surface area contributed by atoms with E-state index in [1.54, 1.807) is 5.38 Å². The normalized spacial score (nSPS) is 16.3. The molecule has 1 aromatic carbocycles. The van der Waals surface area contributed by atoms with Gasteiger partial charge in [0.25, 0.3) is 0 Å². The van der Waals surface area contributed by atoms with Crippen LogP contribution in [0.5, 0.6) is 0 Å². The lowest BCUT2D eigenvalue weighted by atomic mass is 10.1. The van der Waals surface area contributed by atoms with E-state index in [9.17, 15) is 15.2 Å². The molecule has 8 heteroatoms. The zero-order chi connectivity index (χ0) is 16.7. The van der Waals surface area contributed by atoms with Gasteiger partial charge < -0.3 is 10.0 Å². The van der Waals surface area contributed by atoms with Gasteiger partial charge in [0.05, 0.1) is 17.2 Å². The van der Waals surface area contributed by atoms with Gasteiger partial charge in [-0.25, -0.2) is 4.99 Å². The molecule has 24 heavy (non-hydrogen) atoms. The van der Waals surface area contributed by atoms with Gasteiger partial charge in [-0.2, -0.15) is 0 Å². The number of aliphatic hydroxyl groups excluding tert-OH is 1. The van der Waals surface area contributed by atoms with Gasteiger partial charge >= 0.3 is 5.00 Å². The van der Waals surface area contributed by atoms with Crippen molar-refractivity contribution in [1.29, 1.82) is 0 Å². The van der Waals surface area contributed by atoms with Crippen LogP contribution in [-0.2, 0) is 0 Å². The summed E-state index contributed by atoms with van der Waals surface area (Å²) < 4.78 is 0. The van der Waals surface area contributed by atoms with E-state index in [1.807, 2.05) is 29.2 Å². The topological polar surface area (TPSA) is 91.3 Å². The maximum absolute atomic E-state index is 10.8. The molecule has 0 bridgehead atoms. The SMILES string of the molecule is O=[N+]([O-])c1cc(/C(O)=C/C2=Nc3ccccc3C3=NCCN23)cs1. The van der Waals surface area contributed by atoms with Crippen LogP contribution >= 0.6 is 11.3 Å². The molecule has 4 rings (SSSR count). The van der Waals surface area contributed by atoms with Crippen molar-refractivity contribution in [3.05, 3.63) is 63.0 Å². The van der Waals surface area contributed by atoms with Crippen molar-refractivity contribution in [2.75, 3.05) is 13.1 Å². The molecule has 0 spiro atoms. The van der Waals surface area contributed by atoms with E-state index in [4.69, 9.17) is 0 Å². The molecule has 1 aromatic heterocycles. The summed E-state index contributed by atoms with van der Waals surface area (Å²) in [7, 11) is 0. The third-order valence-corrected chi connectivity index (χ3v) is 4.70. The molecule has 2 aliphatic rings. The van der Waals surface area contributed by atoms with Crippen LogP contribution in [0.1, 0.15) is 11.1 Å². The molecular weight excluding hydrogens is 328 g/mol. The summed E-state index contributed by atoms with van der Waals surface area (Å²) in [6, 6.07) is 9.06. The molecule has 1 N–H and O–H groups in total. The predicted octanol–water partition coefficient (Wildman–Crippen LogP) is 3.36. The quantitative estimate of drug-likeness (QED) is 0.527. The first-order valence-corrected chi connectivity index (χ1v) is 8.15. The molecule has 0 amide bonds. The molecule has 0 saturated heterocycles. The molecule has 0 aliphatic carbocycles. The molecule has 0 atom stereocenters. The summed E-state index contributed by atoms with van der Waals surface area (Å²) in [6.07, 6.45) is 1.53. The van der Waals surface area contributed by atoms with Crippen molar-refractivity contribution in [2.24, 2.45) is 9.98 Å². The summed E-state index contributed by atoms with van der Waals surface area (Å²) in [4.78, 5) is 21.4. The minimum Gasteiger partial charge on any atom is -0.507 e. The molecule has 2 aliphatic heterocycles. The Hall–Kier alpha value is -3.00. The Morgan fingerprint density at radius 1 is 1.42 bits per heavy atom. The fourth-order valence-electron chi connectivity index (χ4n) is 2.72. The Kier molecular flexibility index (Phi) is 3.39. The molecule has 0 unspecified atom stereocenters. The first-order valence-electron chi connectivity index (χ1n) is 7.27. The number of fused-ring (bicyclic) bond motifs is 3. The Balaban J connectivity index is 1.74. The third-order valence-electron chi connectivity index (χ3n) is 3.82. The van der Waals surface area contributed by atoms with Crippen LogP contribution in [0.2, 0.25) is 0 Å². The first kappa shape index (κ1) is 14.6. The van der Waals surface area contributed by atoms with E-state index in [-0.39, 0.29) is 10.8 Å². The van der Waals surface area contributed by atoms with E-state index in [2.05, 4.69) is 9.98 Å². The standard InChI is InChI=1S/C16H12N4O3S/c21-13(10-7-15(20(22)23)24-9-10)8-14-18-12-4-2-1-3-11(12)16-17-5-6-19(14)16/h1-4,7-9,21H,5-6H2/b13-8-. The highest BCUT2D eigenvalue weighted by molar-refractivity contribution is 7.13. The van der Waals surface area contributed by atoms with E-state index in [1.165, 1.54) is 12.1 Å². The number of thiophene rings is 1. The summed E-state index contributed by atoms with van der Waals surface area (Å²) >= 11 is 0.979. The summed E-state index contributed by atoms with van der Waals surface area (Å²) in [5.41, 5.74) is 2.17. The van der Waals surface area contributed by atoms with Crippen LogP contribution in [0, 0.1) is 10.1 Å². The van der Waals surface area contributed by atoms with Gasteiger partial charge in [0, 0.05) is 35.2 Å². The van der Waals surface area contributed by atoms with Crippen LogP contribution in [0.4, 0.5) is 10.7 Å². The highest BCUT2D eigenvalue weighted by atomic mass is 32.1. The van der Waals surface area contributed by atoms with Gasteiger partial charge in [-0.3, -0.25) is 15.1 Å². The van der Waals surface area contributed by atoms with Crippen LogP contribution in [-0.4, -0.2) is 39.7 Å². The Labute approximate surface area is 141 Å². The fourth-order valence-corrected chi connectivity index (χ4v) is 3.43. The number of aliphatic imine (C=N–C) groups is 2. The second-order valence-electron chi connectivity index (χ2n) is 5.30. The highest BCUT2D eigenvalue weighted by Crippen LogP contribution is 2.30. The van der Waals surface area contributed by atoms with Gasteiger partial charge in [0.1, 0.15) is 17.4 Å². The van der Waals surface area contributed by atoms with Gasteiger partial charge in [0.15, 0.2) is 0 Å². The maximum Gasteiger partial charge on any atom is 0.324 e. The Morgan fingerprint density at radius 3 is 3.04 bits per heavy atom. The van der Waals surface area contributed by atoms with Gasteiger partial charge in [0.2, 0.25) is 0 Å². The second kappa shape index (κ2) is 5.57. The lowest BCUT2D eigenvalue weighted by Crippen LogP contribution is -2.36. The number of aliphatic hydroxyl groups is 1. The van der Waals surface area contributed by atoms with E-state index in [0.29, 0.717) is 24.5 Å². The Morgan fingerprint density at radius 2 is 2.25 bits per heavy atom. The number of rotatable bonds is 3. The van der Waals surface area contributed by atoms with Crippen molar-refractivity contribution < 1.29 is 10.0 Å². The molecule has 0 fully saturated rings. The smallest absolute Gasteiger partial charge is 0.324 e. The summed E-state index contributed by atoms with van der Waals surface area (Å²) in [5, 5.41) is 22.7. The molecule has 0 saturated carbocycles. The zero-order valence-electron chi connectivity index (χ0n) is 12.4. The largest absolute Gasteiger partial charge is 0.507 e. The van der Waals surface area contributed by atoms with Crippen LogP contribution in [0.3, 0.4) is 0 Å². The number of nitro groups is 1. The minimum absolute atomic E-state index is 0.00991. The van der Waals surface area contributed by atoms with Crippen molar-refractivity contribution in [3.63, 3.8) is 0 Å². The van der Waals surface area contributed by atoms with Crippen molar-refractivity contribution >= 4 is 39.5 Å². The Bertz CT molecular complexity index is 929. The maximum atomic E-state index is 10.8. The highest BCUT2D eigenvalue weighted by Gasteiger charge is 2.28. The molecule has 2 aromatic rings. The van der Waals surface area contributed by atoms with Gasteiger partial charge in [-0.15, -0.1) is 0 Å². The first-order chi connectivity index (χ1) is 11.6. The molecule has 7 nitrogen and oxygen atoms in total. The van der Waals surface area contributed by atoms with E-state index in [0.717, 1.165) is 28.4 Å². The van der Waals surface area contributed by atoms with Crippen LogP contribution < -0.4 is 0 Å². The zero-order valence-corrected chi connectivity index (χ0v) is 13.2. The third kappa shape index (κ3) is 2.37. The number of hydrogen-bond acceptors (Lipinski definition) is 7. The molecule has 120 valence electrons. The summed E-state index contributed by atoms with van der Waals surface area (Å²) in [5.74, 6) is 1.37. The molecule has 0 radical (unpaired) electrons. The van der Waals surface area contributed by atoms with Crippen LogP contribution in [0.25, 0.3) is 5.76 Å². The second-order valence-corrected chi connectivity index (χ2v) is 6.19. The predicted molar refractivity (Wildman–Crippen MR) is 93.2 cm³/mol. The fraction of sp³-hybridized carbons (Fsp3) is 0.125. The van der Waals surface area contributed by atoms with Crippen molar-refractivity contribution in [3.8, 4) is 0 Å². The van der Waals surface area contributed by atoms with Crippen molar-refractivity contribution in [1.82, 2.24) is 4.90 Å². The number of hydrogen-bond donors (Lipinski definition) is 1. The number of benzene rings is 1. The average Bonchev–Trinajstić information content (AvgIpc) is 3.25. The average molecular weight is 340 g/mol. The summed E-state index contributed by atoms with van der Waals surface area (Å²) in [6.45, 7) is 1.36. The van der Waals surface area contributed by atoms with Gasteiger partial charge in [-0.05, 0) is 12.1 Å². The molecular formula is C16H12N4O3S. The monoisotopic (exact) mass is 340 g/mol. The minimum atomic E-state index is -0.471. The number of amidine groups is 2. The van der Waals surface area contributed by atoms with Gasteiger partial charge in [-0.1, -0.05) is 23.5 Å².